The monoisotopic (exact) mass is 271 g/mol. The number of hydrogen-bond donors (Lipinski definition) is 2. The van der Waals surface area contributed by atoms with Crippen molar-refractivity contribution >= 4 is 12.0 Å². The number of rotatable bonds is 5. The Morgan fingerprint density at radius 1 is 1.37 bits per heavy atom. The minimum Gasteiger partial charge on any atom is -0.450 e. The van der Waals surface area contributed by atoms with Crippen molar-refractivity contribution in [3.05, 3.63) is 0 Å². The maximum absolute atomic E-state index is 11.8. The predicted molar refractivity (Wildman–Crippen MR) is 72.6 cm³/mol. The summed E-state index contributed by atoms with van der Waals surface area (Å²) in [6.45, 7) is 5.42. The van der Waals surface area contributed by atoms with Gasteiger partial charge in [-0.3, -0.25) is 4.79 Å². The smallest absolute Gasteiger partial charge is 0.409 e. The van der Waals surface area contributed by atoms with Crippen molar-refractivity contribution in [3.63, 3.8) is 0 Å². The minimum atomic E-state index is -0.423. The Labute approximate surface area is 114 Å². The predicted octanol–water partition coefficient (Wildman–Crippen LogP) is 0.851. The number of piperidine rings is 1. The van der Waals surface area contributed by atoms with Crippen LogP contribution in [0.2, 0.25) is 0 Å². The van der Waals surface area contributed by atoms with Gasteiger partial charge in [-0.15, -0.1) is 0 Å². The van der Waals surface area contributed by atoms with Crippen LogP contribution in [0.1, 0.15) is 39.5 Å². The summed E-state index contributed by atoms with van der Waals surface area (Å²) in [5.41, 5.74) is 5.76. The molecule has 0 radical (unpaired) electrons. The second kappa shape index (κ2) is 7.99. The fourth-order valence-electron chi connectivity index (χ4n) is 2.17. The highest BCUT2D eigenvalue weighted by molar-refractivity contribution is 5.81. The molecule has 0 saturated carbocycles. The van der Waals surface area contributed by atoms with Crippen LogP contribution in [0.5, 0.6) is 0 Å². The second-order valence-corrected chi connectivity index (χ2v) is 4.86. The molecule has 0 unspecified atom stereocenters. The highest BCUT2D eigenvalue weighted by Crippen LogP contribution is 2.11. The van der Waals surface area contributed by atoms with Crippen LogP contribution in [0.15, 0.2) is 0 Å². The molecule has 110 valence electrons. The van der Waals surface area contributed by atoms with Crippen molar-refractivity contribution in [2.75, 3.05) is 19.7 Å². The molecule has 6 nitrogen and oxygen atoms in total. The van der Waals surface area contributed by atoms with E-state index in [0.717, 1.165) is 19.3 Å². The van der Waals surface area contributed by atoms with Crippen molar-refractivity contribution in [2.45, 2.75) is 51.6 Å². The van der Waals surface area contributed by atoms with Gasteiger partial charge in [-0.2, -0.15) is 0 Å². The molecular formula is C13H25N3O3. The largest absolute Gasteiger partial charge is 0.450 e. The molecule has 1 aliphatic heterocycles. The van der Waals surface area contributed by atoms with E-state index in [0.29, 0.717) is 26.1 Å². The molecular weight excluding hydrogens is 246 g/mol. The number of hydrogen-bond acceptors (Lipinski definition) is 4. The summed E-state index contributed by atoms with van der Waals surface area (Å²) in [5, 5.41) is 2.95. The van der Waals surface area contributed by atoms with Gasteiger partial charge in [0.25, 0.3) is 0 Å². The van der Waals surface area contributed by atoms with Gasteiger partial charge in [-0.1, -0.05) is 13.3 Å². The molecule has 1 saturated heterocycles. The summed E-state index contributed by atoms with van der Waals surface area (Å²) in [6, 6.07) is -0.311. The number of amides is 2. The average Bonchev–Trinajstić information content (AvgIpc) is 2.40. The Bertz CT molecular complexity index is 302. The van der Waals surface area contributed by atoms with E-state index < -0.39 is 6.04 Å². The van der Waals surface area contributed by atoms with Gasteiger partial charge in [-0.05, 0) is 26.2 Å². The Kier molecular flexibility index (Phi) is 6.62. The fourth-order valence-corrected chi connectivity index (χ4v) is 2.17. The molecule has 6 heteroatoms. The van der Waals surface area contributed by atoms with E-state index in [2.05, 4.69) is 5.32 Å². The van der Waals surface area contributed by atoms with Crippen LogP contribution in [0.3, 0.4) is 0 Å². The Morgan fingerprint density at radius 3 is 2.53 bits per heavy atom. The van der Waals surface area contributed by atoms with Gasteiger partial charge in [-0.25, -0.2) is 4.79 Å². The second-order valence-electron chi connectivity index (χ2n) is 4.86. The zero-order valence-corrected chi connectivity index (χ0v) is 11.9. The molecule has 0 aliphatic carbocycles. The van der Waals surface area contributed by atoms with Crippen LogP contribution in [0, 0.1) is 0 Å². The minimum absolute atomic E-state index is 0.0866. The molecule has 2 amide bonds. The van der Waals surface area contributed by atoms with Crippen LogP contribution in [-0.2, 0) is 9.53 Å². The first-order valence-corrected chi connectivity index (χ1v) is 7.06. The van der Waals surface area contributed by atoms with Crippen molar-refractivity contribution in [2.24, 2.45) is 5.73 Å². The van der Waals surface area contributed by atoms with E-state index in [-0.39, 0.29) is 18.0 Å². The van der Waals surface area contributed by atoms with Gasteiger partial charge in [0.05, 0.1) is 12.6 Å². The Balaban J connectivity index is 2.30. The molecule has 0 aromatic carbocycles. The number of ether oxygens (including phenoxy) is 1. The third-order valence-electron chi connectivity index (χ3n) is 3.30. The lowest BCUT2D eigenvalue weighted by Gasteiger charge is -2.32. The SMILES string of the molecule is CCC[C@H](N)C(=O)NC1CCN(C(=O)OCC)CC1. The van der Waals surface area contributed by atoms with E-state index in [1.807, 2.05) is 6.92 Å². The number of carbonyl (C=O) groups is 2. The molecule has 0 aromatic rings. The lowest BCUT2D eigenvalue weighted by molar-refractivity contribution is -0.123. The van der Waals surface area contributed by atoms with Gasteiger partial charge in [0, 0.05) is 19.1 Å². The van der Waals surface area contributed by atoms with Crippen molar-refractivity contribution in [3.8, 4) is 0 Å². The molecule has 0 bridgehead atoms. The molecule has 0 spiro atoms. The average molecular weight is 271 g/mol. The van der Waals surface area contributed by atoms with Crippen molar-refractivity contribution < 1.29 is 14.3 Å². The number of likely N-dealkylation sites (tertiary alicyclic amines) is 1. The third kappa shape index (κ3) is 5.06. The summed E-state index contributed by atoms with van der Waals surface area (Å²) in [5.74, 6) is -0.0866. The number of nitrogens with one attached hydrogen (secondary N) is 1. The van der Waals surface area contributed by atoms with E-state index in [9.17, 15) is 9.59 Å². The van der Waals surface area contributed by atoms with Gasteiger partial charge in [0.2, 0.25) is 5.91 Å². The van der Waals surface area contributed by atoms with E-state index >= 15 is 0 Å². The number of carbonyl (C=O) groups excluding carboxylic acids is 2. The van der Waals surface area contributed by atoms with Gasteiger partial charge < -0.3 is 20.7 Å². The molecule has 0 aromatic heterocycles. The quantitative estimate of drug-likeness (QED) is 0.776. The molecule has 1 rings (SSSR count). The van der Waals surface area contributed by atoms with Crippen molar-refractivity contribution in [1.82, 2.24) is 10.2 Å². The van der Waals surface area contributed by atoms with Crippen LogP contribution in [0.25, 0.3) is 0 Å². The molecule has 1 fully saturated rings. The summed E-state index contributed by atoms with van der Waals surface area (Å²) in [7, 11) is 0. The summed E-state index contributed by atoms with van der Waals surface area (Å²) < 4.78 is 4.95. The third-order valence-corrected chi connectivity index (χ3v) is 3.30. The summed E-state index contributed by atoms with van der Waals surface area (Å²) in [6.07, 6.45) is 2.84. The van der Waals surface area contributed by atoms with Gasteiger partial charge in [0.15, 0.2) is 0 Å². The van der Waals surface area contributed by atoms with E-state index in [1.54, 1.807) is 11.8 Å². The summed E-state index contributed by atoms with van der Waals surface area (Å²) in [4.78, 5) is 25.0. The van der Waals surface area contributed by atoms with Crippen LogP contribution >= 0.6 is 0 Å². The standard InChI is InChI=1S/C13H25N3O3/c1-3-5-11(14)12(17)15-10-6-8-16(9-7-10)13(18)19-4-2/h10-11H,3-9,14H2,1-2H3,(H,15,17)/t11-/m0/s1. The molecule has 1 aliphatic rings. The highest BCUT2D eigenvalue weighted by Gasteiger charge is 2.25. The highest BCUT2D eigenvalue weighted by atomic mass is 16.6. The molecule has 3 N–H and O–H groups in total. The first-order chi connectivity index (χ1) is 9.08. The topological polar surface area (TPSA) is 84.7 Å². The Morgan fingerprint density at radius 2 is 2.00 bits per heavy atom. The number of nitrogens with zero attached hydrogens (tertiary/aromatic N) is 1. The first-order valence-electron chi connectivity index (χ1n) is 7.06. The zero-order chi connectivity index (χ0) is 14.3. The molecule has 1 heterocycles. The van der Waals surface area contributed by atoms with Gasteiger partial charge in [0.1, 0.15) is 0 Å². The lowest BCUT2D eigenvalue weighted by Crippen LogP contribution is -2.50. The normalized spacial score (nSPS) is 17.9. The molecule has 19 heavy (non-hydrogen) atoms. The summed E-state index contributed by atoms with van der Waals surface area (Å²) >= 11 is 0. The van der Waals surface area contributed by atoms with Crippen LogP contribution in [0.4, 0.5) is 4.79 Å². The van der Waals surface area contributed by atoms with E-state index in [1.165, 1.54) is 0 Å². The Hall–Kier alpha value is -1.30. The molecule has 1 atom stereocenters. The zero-order valence-electron chi connectivity index (χ0n) is 11.9. The fraction of sp³-hybridized carbons (Fsp3) is 0.846. The van der Waals surface area contributed by atoms with Crippen LogP contribution < -0.4 is 11.1 Å². The van der Waals surface area contributed by atoms with Crippen LogP contribution in [-0.4, -0.2) is 48.7 Å². The van der Waals surface area contributed by atoms with Crippen molar-refractivity contribution in [1.29, 1.82) is 0 Å². The van der Waals surface area contributed by atoms with E-state index in [4.69, 9.17) is 10.5 Å². The van der Waals surface area contributed by atoms with Gasteiger partial charge >= 0.3 is 6.09 Å². The maximum Gasteiger partial charge on any atom is 0.409 e. The number of nitrogens with two attached hydrogens (primary N) is 1. The first kappa shape index (κ1) is 15.8. The maximum atomic E-state index is 11.8. The lowest BCUT2D eigenvalue weighted by atomic mass is 10.0.